The summed E-state index contributed by atoms with van der Waals surface area (Å²) < 4.78 is 0. The Balaban J connectivity index is 1.63. The molecule has 4 rings (SSSR count). The molecule has 0 aliphatic heterocycles. The summed E-state index contributed by atoms with van der Waals surface area (Å²) >= 11 is 12.4. The average Bonchev–Trinajstić information content (AvgIpc) is 2.73. The fraction of sp³-hybridized carbons (Fsp3) is 0.250. The second-order valence-electron chi connectivity index (χ2n) is 7.31. The number of benzene rings is 2. The molecule has 0 saturated heterocycles. The Kier molecular flexibility index (Phi) is 6.17. The topological polar surface area (TPSA) is 42.0 Å². The van der Waals surface area contributed by atoms with Crippen molar-refractivity contribution < 1.29 is 4.79 Å². The number of hydrogen-bond acceptors (Lipinski definition) is 2. The number of amides is 1. The summed E-state index contributed by atoms with van der Waals surface area (Å²) in [5, 5.41) is 4.98. The Bertz CT molecular complexity index is 1090. The lowest BCUT2D eigenvalue weighted by Crippen LogP contribution is -2.25. The number of nitrogens with one attached hydrogen (secondary N) is 1. The maximum atomic E-state index is 13.0. The molecule has 1 aromatic heterocycles. The van der Waals surface area contributed by atoms with Crippen molar-refractivity contribution in [2.45, 2.75) is 32.1 Å². The molecular formula is C24H22Cl2N2O. The first-order chi connectivity index (χ1) is 14.1. The molecule has 1 heterocycles. The van der Waals surface area contributed by atoms with E-state index in [1.54, 1.807) is 12.1 Å². The highest BCUT2D eigenvalue weighted by Crippen LogP contribution is 2.31. The fourth-order valence-electron chi connectivity index (χ4n) is 3.76. The van der Waals surface area contributed by atoms with E-state index in [1.165, 1.54) is 18.4 Å². The van der Waals surface area contributed by atoms with Crippen LogP contribution in [-0.4, -0.2) is 17.4 Å². The number of hydrogen-bond donors (Lipinski definition) is 1. The monoisotopic (exact) mass is 424 g/mol. The van der Waals surface area contributed by atoms with Crippen LogP contribution < -0.4 is 5.32 Å². The highest BCUT2D eigenvalue weighted by atomic mass is 35.5. The number of fused-ring (bicyclic) bond motifs is 1. The minimum Gasteiger partial charge on any atom is -0.352 e. The average molecular weight is 425 g/mol. The Morgan fingerprint density at radius 3 is 2.72 bits per heavy atom. The van der Waals surface area contributed by atoms with Crippen LogP contribution in [-0.2, 0) is 0 Å². The van der Waals surface area contributed by atoms with Gasteiger partial charge in [-0.3, -0.25) is 4.79 Å². The van der Waals surface area contributed by atoms with Gasteiger partial charge in [-0.05, 0) is 62.4 Å². The molecule has 0 fully saturated rings. The number of halogens is 2. The summed E-state index contributed by atoms with van der Waals surface area (Å²) in [7, 11) is 0. The van der Waals surface area contributed by atoms with Gasteiger partial charge in [0.15, 0.2) is 0 Å². The van der Waals surface area contributed by atoms with Gasteiger partial charge >= 0.3 is 0 Å². The van der Waals surface area contributed by atoms with E-state index in [4.69, 9.17) is 28.2 Å². The van der Waals surface area contributed by atoms with Gasteiger partial charge in [0, 0.05) is 22.5 Å². The molecule has 1 aliphatic carbocycles. The van der Waals surface area contributed by atoms with Gasteiger partial charge in [0.2, 0.25) is 0 Å². The van der Waals surface area contributed by atoms with E-state index in [9.17, 15) is 4.79 Å². The van der Waals surface area contributed by atoms with Gasteiger partial charge < -0.3 is 5.32 Å². The molecule has 0 unspecified atom stereocenters. The van der Waals surface area contributed by atoms with Crippen molar-refractivity contribution >= 4 is 40.0 Å². The van der Waals surface area contributed by atoms with Crippen molar-refractivity contribution in [3.8, 4) is 11.3 Å². The minimum absolute atomic E-state index is 0.0913. The number of allylic oxidation sites excluding steroid dienone is 1. The van der Waals surface area contributed by atoms with Crippen LogP contribution in [0, 0.1) is 0 Å². The fourth-order valence-corrected chi connectivity index (χ4v) is 4.27. The second kappa shape index (κ2) is 8.98. The van der Waals surface area contributed by atoms with Crippen LogP contribution in [0.5, 0.6) is 0 Å². The van der Waals surface area contributed by atoms with Crippen LogP contribution in [0.4, 0.5) is 0 Å². The Hall–Kier alpha value is -2.36. The molecular weight excluding hydrogens is 403 g/mol. The van der Waals surface area contributed by atoms with E-state index in [1.807, 2.05) is 36.4 Å². The number of para-hydroxylation sites is 1. The van der Waals surface area contributed by atoms with E-state index >= 15 is 0 Å². The van der Waals surface area contributed by atoms with Crippen LogP contribution in [0.2, 0.25) is 10.0 Å². The van der Waals surface area contributed by atoms with Crippen LogP contribution in [0.25, 0.3) is 22.2 Å². The van der Waals surface area contributed by atoms with Crippen LogP contribution in [0.3, 0.4) is 0 Å². The highest BCUT2D eigenvalue weighted by molar-refractivity contribution is 6.36. The van der Waals surface area contributed by atoms with Crippen molar-refractivity contribution in [3.63, 3.8) is 0 Å². The Labute approximate surface area is 180 Å². The normalized spacial score (nSPS) is 13.9. The summed E-state index contributed by atoms with van der Waals surface area (Å²) in [6.45, 7) is 0.637. The lowest BCUT2D eigenvalue weighted by atomic mass is 9.97. The van der Waals surface area contributed by atoms with Crippen molar-refractivity contribution in [1.82, 2.24) is 10.3 Å². The molecule has 1 aliphatic rings. The van der Waals surface area contributed by atoms with Gasteiger partial charge in [0.1, 0.15) is 0 Å². The Morgan fingerprint density at radius 1 is 1.07 bits per heavy atom. The number of rotatable bonds is 5. The number of nitrogens with zero attached hydrogens (tertiary/aromatic N) is 1. The van der Waals surface area contributed by atoms with Crippen molar-refractivity contribution in [3.05, 3.63) is 75.8 Å². The molecule has 1 amide bonds. The molecule has 29 heavy (non-hydrogen) atoms. The largest absolute Gasteiger partial charge is 0.352 e. The summed E-state index contributed by atoms with van der Waals surface area (Å²) in [4.78, 5) is 17.7. The molecule has 3 aromatic rings. The van der Waals surface area contributed by atoms with E-state index in [0.29, 0.717) is 27.8 Å². The third-order valence-corrected chi connectivity index (χ3v) is 5.83. The lowest BCUT2D eigenvalue weighted by molar-refractivity contribution is 0.0955. The highest BCUT2D eigenvalue weighted by Gasteiger charge is 2.15. The standard InChI is InChI=1S/C24H22Cl2N2O/c25-17-10-11-19(21(26)14-17)23-15-20(18-8-4-5-9-22(18)28-23)24(29)27-13-12-16-6-2-1-3-7-16/h4-6,8-11,14-15H,1-3,7,12-13H2,(H,27,29). The van der Waals surface area contributed by atoms with Gasteiger partial charge in [-0.25, -0.2) is 4.98 Å². The first-order valence-electron chi connectivity index (χ1n) is 9.93. The Morgan fingerprint density at radius 2 is 1.93 bits per heavy atom. The zero-order valence-electron chi connectivity index (χ0n) is 16.1. The van der Waals surface area contributed by atoms with Gasteiger partial charge in [-0.1, -0.05) is 53.1 Å². The molecule has 0 bridgehead atoms. The van der Waals surface area contributed by atoms with Crippen LogP contribution >= 0.6 is 23.2 Å². The number of carbonyl (C=O) groups is 1. The lowest BCUT2D eigenvalue weighted by Gasteiger charge is -2.14. The SMILES string of the molecule is O=C(NCCC1=CCCCC1)c1cc(-c2ccc(Cl)cc2Cl)nc2ccccc12. The first-order valence-corrected chi connectivity index (χ1v) is 10.7. The summed E-state index contributed by atoms with van der Waals surface area (Å²) in [5.41, 5.74) is 4.23. The maximum absolute atomic E-state index is 13.0. The maximum Gasteiger partial charge on any atom is 0.252 e. The molecule has 148 valence electrons. The molecule has 2 aromatic carbocycles. The third-order valence-electron chi connectivity index (χ3n) is 5.28. The summed E-state index contributed by atoms with van der Waals surface area (Å²) in [5.74, 6) is -0.0913. The quantitative estimate of drug-likeness (QED) is 0.456. The van der Waals surface area contributed by atoms with Crippen molar-refractivity contribution in [1.29, 1.82) is 0 Å². The number of pyridine rings is 1. The van der Waals surface area contributed by atoms with E-state index < -0.39 is 0 Å². The summed E-state index contributed by atoms with van der Waals surface area (Å²) in [6, 6.07) is 14.8. The molecule has 3 nitrogen and oxygen atoms in total. The van der Waals surface area contributed by atoms with Crippen LogP contribution in [0.15, 0.2) is 60.2 Å². The zero-order valence-corrected chi connectivity index (χ0v) is 17.6. The molecule has 0 radical (unpaired) electrons. The van der Waals surface area contributed by atoms with E-state index in [-0.39, 0.29) is 5.91 Å². The molecule has 5 heteroatoms. The van der Waals surface area contributed by atoms with E-state index in [2.05, 4.69) is 11.4 Å². The molecule has 1 N–H and O–H groups in total. The third kappa shape index (κ3) is 4.63. The number of aromatic nitrogens is 1. The van der Waals surface area contributed by atoms with Gasteiger partial charge in [0.25, 0.3) is 5.91 Å². The molecule has 0 spiro atoms. The predicted octanol–water partition coefficient (Wildman–Crippen LogP) is 6.83. The second-order valence-corrected chi connectivity index (χ2v) is 8.15. The van der Waals surface area contributed by atoms with Crippen molar-refractivity contribution in [2.24, 2.45) is 0 Å². The summed E-state index contributed by atoms with van der Waals surface area (Å²) in [6.07, 6.45) is 8.05. The smallest absolute Gasteiger partial charge is 0.252 e. The van der Waals surface area contributed by atoms with Gasteiger partial charge in [-0.2, -0.15) is 0 Å². The molecule has 0 saturated carbocycles. The van der Waals surface area contributed by atoms with Crippen LogP contribution in [0.1, 0.15) is 42.5 Å². The van der Waals surface area contributed by atoms with Gasteiger partial charge in [-0.15, -0.1) is 0 Å². The number of carbonyl (C=O) groups excluding carboxylic acids is 1. The van der Waals surface area contributed by atoms with Crippen molar-refractivity contribution in [2.75, 3.05) is 6.54 Å². The minimum atomic E-state index is -0.0913. The van der Waals surface area contributed by atoms with Gasteiger partial charge in [0.05, 0.1) is 21.8 Å². The van der Waals surface area contributed by atoms with E-state index in [0.717, 1.165) is 35.7 Å². The molecule has 0 atom stereocenters. The first kappa shape index (κ1) is 19.9. The predicted molar refractivity (Wildman–Crippen MR) is 121 cm³/mol. The zero-order chi connectivity index (χ0) is 20.2.